The lowest BCUT2D eigenvalue weighted by atomic mass is 9.89. The van der Waals surface area contributed by atoms with Crippen LogP contribution in [0.4, 0.5) is 0 Å². The molecule has 1 aromatic heterocycles. The molecule has 10 heteroatoms. The highest BCUT2D eigenvalue weighted by molar-refractivity contribution is 5.95. The van der Waals surface area contributed by atoms with Crippen LogP contribution < -0.4 is 15.7 Å². The average Bonchev–Trinajstić information content (AvgIpc) is 3.10. The molecular weight excluding hydrogens is 488 g/mol. The molecule has 0 radical (unpaired) electrons. The summed E-state index contributed by atoms with van der Waals surface area (Å²) in [6.45, 7) is 4.45. The van der Waals surface area contributed by atoms with Crippen molar-refractivity contribution >= 4 is 28.7 Å². The van der Waals surface area contributed by atoms with Gasteiger partial charge in [-0.05, 0) is 68.2 Å². The summed E-state index contributed by atoms with van der Waals surface area (Å²) in [6.07, 6.45) is 1.72. The third-order valence-corrected chi connectivity index (χ3v) is 6.73. The van der Waals surface area contributed by atoms with Gasteiger partial charge < -0.3 is 19.8 Å². The predicted octanol–water partition coefficient (Wildman–Crippen LogP) is 3.45. The van der Waals surface area contributed by atoms with Crippen LogP contribution in [0.1, 0.15) is 54.2 Å². The van der Waals surface area contributed by atoms with E-state index in [1.54, 1.807) is 29.2 Å². The summed E-state index contributed by atoms with van der Waals surface area (Å²) in [7, 11) is 0. The number of ether oxygens (including phenoxy) is 1. The van der Waals surface area contributed by atoms with Crippen LogP contribution in [-0.2, 0) is 21.0 Å². The maximum Gasteiger partial charge on any atom is 0.330 e. The van der Waals surface area contributed by atoms with E-state index >= 15 is 0 Å². The van der Waals surface area contributed by atoms with Crippen molar-refractivity contribution in [3.8, 4) is 5.75 Å². The number of aryl methyl sites for hydroxylation is 1. The van der Waals surface area contributed by atoms with Crippen molar-refractivity contribution in [1.82, 2.24) is 20.8 Å². The van der Waals surface area contributed by atoms with Crippen molar-refractivity contribution in [2.24, 2.45) is 0 Å². The van der Waals surface area contributed by atoms with Gasteiger partial charge in [-0.25, -0.2) is 0 Å². The molecule has 2 aromatic carbocycles. The number of nitrogens with zero attached hydrogens (tertiary/aromatic N) is 2. The summed E-state index contributed by atoms with van der Waals surface area (Å²) in [5.74, 6) is -0.675. The van der Waals surface area contributed by atoms with Crippen LogP contribution in [0.5, 0.6) is 5.75 Å². The largest absolute Gasteiger partial charge is 0.489 e. The molecule has 38 heavy (non-hydrogen) atoms. The summed E-state index contributed by atoms with van der Waals surface area (Å²) in [6, 6.07) is 16.6. The van der Waals surface area contributed by atoms with Gasteiger partial charge in [-0.3, -0.25) is 24.6 Å². The molecule has 0 bridgehead atoms. The number of pyridine rings is 1. The molecule has 3 N–H and O–H groups in total. The number of aromatic nitrogens is 1. The van der Waals surface area contributed by atoms with Gasteiger partial charge in [0.05, 0.1) is 17.5 Å². The van der Waals surface area contributed by atoms with Gasteiger partial charge in [-0.15, -0.1) is 0 Å². The van der Waals surface area contributed by atoms with E-state index < -0.39 is 11.5 Å². The lowest BCUT2D eigenvalue weighted by molar-refractivity contribution is -0.178. The monoisotopic (exact) mass is 520 g/mol. The molecule has 1 unspecified atom stereocenters. The first-order valence-corrected chi connectivity index (χ1v) is 12.5. The zero-order valence-electron chi connectivity index (χ0n) is 21.5. The Bertz CT molecular complexity index is 1310. The molecule has 0 saturated carbocycles. The Kier molecular flexibility index (Phi) is 8.55. The minimum atomic E-state index is -1.04. The van der Waals surface area contributed by atoms with E-state index in [0.29, 0.717) is 37.3 Å². The van der Waals surface area contributed by atoms with Crippen molar-refractivity contribution in [2.75, 3.05) is 13.1 Å². The van der Waals surface area contributed by atoms with Gasteiger partial charge >= 0.3 is 5.97 Å². The summed E-state index contributed by atoms with van der Waals surface area (Å²) < 4.78 is 6.00. The van der Waals surface area contributed by atoms with E-state index in [9.17, 15) is 14.4 Å². The summed E-state index contributed by atoms with van der Waals surface area (Å²) in [5.41, 5.74) is 3.57. The fraction of sp³-hybridized carbons (Fsp3) is 0.357. The highest BCUT2D eigenvalue weighted by Gasteiger charge is 2.39. The summed E-state index contributed by atoms with van der Waals surface area (Å²) in [5, 5.41) is 12.8. The van der Waals surface area contributed by atoms with E-state index in [4.69, 9.17) is 9.94 Å². The number of likely N-dealkylation sites (tertiary alicyclic amines) is 1. The number of amides is 2. The van der Waals surface area contributed by atoms with Gasteiger partial charge in [0.1, 0.15) is 12.4 Å². The van der Waals surface area contributed by atoms with Crippen molar-refractivity contribution < 1.29 is 29.2 Å². The van der Waals surface area contributed by atoms with Gasteiger partial charge in [-0.1, -0.05) is 18.2 Å². The van der Waals surface area contributed by atoms with E-state index in [0.717, 1.165) is 28.6 Å². The minimum absolute atomic E-state index is 0.141. The maximum absolute atomic E-state index is 13.2. The highest BCUT2D eigenvalue weighted by atomic mass is 16.9. The van der Waals surface area contributed by atoms with Crippen LogP contribution in [0.25, 0.3) is 10.9 Å². The third-order valence-electron chi connectivity index (χ3n) is 6.73. The molecule has 0 spiro atoms. The average molecular weight is 521 g/mol. The number of benzene rings is 2. The minimum Gasteiger partial charge on any atom is -0.489 e. The van der Waals surface area contributed by atoms with Gasteiger partial charge in [0.2, 0.25) is 5.91 Å². The van der Waals surface area contributed by atoms with Crippen LogP contribution in [0, 0.1) is 6.92 Å². The highest BCUT2D eigenvalue weighted by Crippen LogP contribution is 2.26. The maximum atomic E-state index is 13.2. The Morgan fingerprint density at radius 1 is 1.11 bits per heavy atom. The number of carbonyl (C=O) groups excluding carboxylic acids is 3. The van der Waals surface area contributed by atoms with Crippen molar-refractivity contribution in [3.63, 3.8) is 0 Å². The molecule has 1 aliphatic rings. The summed E-state index contributed by atoms with van der Waals surface area (Å²) >= 11 is 0. The van der Waals surface area contributed by atoms with Crippen LogP contribution in [0.2, 0.25) is 0 Å². The number of fused-ring (bicyclic) bond motifs is 1. The van der Waals surface area contributed by atoms with Gasteiger partial charge in [0.15, 0.2) is 0 Å². The number of para-hydroxylation sites is 1. The van der Waals surface area contributed by atoms with Crippen molar-refractivity contribution in [2.45, 2.75) is 51.7 Å². The van der Waals surface area contributed by atoms with Gasteiger partial charge in [0.25, 0.3) is 5.91 Å². The second-order valence-corrected chi connectivity index (χ2v) is 9.63. The number of hydrogen-bond acceptors (Lipinski definition) is 8. The molecule has 1 atom stereocenters. The lowest BCUT2D eigenvalue weighted by Crippen LogP contribution is -2.56. The SMILES string of the molecule is CC(=O)N1CCCCC(CC(=O)ONO)(NC(=O)c2ccc(OCc3cc(C)nc4ccccc34)cc2)C1. The van der Waals surface area contributed by atoms with E-state index in [1.807, 2.05) is 37.3 Å². The Balaban J connectivity index is 1.47. The van der Waals surface area contributed by atoms with Crippen LogP contribution in [-0.4, -0.2) is 51.5 Å². The third kappa shape index (κ3) is 6.64. The topological polar surface area (TPSA) is 130 Å². The van der Waals surface area contributed by atoms with Crippen LogP contribution >= 0.6 is 0 Å². The first-order valence-electron chi connectivity index (χ1n) is 12.5. The Hall–Kier alpha value is -4.02. The molecule has 1 saturated heterocycles. The molecule has 200 valence electrons. The lowest BCUT2D eigenvalue weighted by Gasteiger charge is -2.36. The normalized spacial score (nSPS) is 17.5. The molecule has 4 rings (SSSR count). The predicted molar refractivity (Wildman–Crippen MR) is 139 cm³/mol. The molecular formula is C28H32N4O6. The first-order chi connectivity index (χ1) is 18.3. The number of rotatable bonds is 8. The molecule has 2 heterocycles. The zero-order valence-corrected chi connectivity index (χ0v) is 21.5. The number of hydrogen-bond donors (Lipinski definition) is 3. The second-order valence-electron chi connectivity index (χ2n) is 9.63. The standard InChI is InChI=1S/C28H32N4O6/c1-19-15-22(24-7-3-4-8-25(24)29-19)17-37-23-11-9-21(10-12-23)27(35)30-28(16-26(34)38-31-36)13-5-6-14-32(18-28)20(2)33/h3-4,7-12,15,31,36H,5-6,13-14,16-18H2,1-2H3,(H,30,35). The Labute approximate surface area is 220 Å². The fourth-order valence-electron chi connectivity index (χ4n) is 4.90. The molecule has 1 aliphatic heterocycles. The van der Waals surface area contributed by atoms with Crippen molar-refractivity contribution in [3.05, 3.63) is 71.4 Å². The van der Waals surface area contributed by atoms with E-state index in [1.165, 1.54) is 12.6 Å². The molecule has 2 amide bonds. The van der Waals surface area contributed by atoms with E-state index in [-0.39, 0.29) is 24.8 Å². The smallest absolute Gasteiger partial charge is 0.330 e. The van der Waals surface area contributed by atoms with Gasteiger partial charge in [0, 0.05) is 42.2 Å². The zero-order chi connectivity index (χ0) is 27.1. The number of carbonyl (C=O) groups is 3. The molecule has 1 fully saturated rings. The fourth-order valence-corrected chi connectivity index (χ4v) is 4.90. The van der Waals surface area contributed by atoms with Gasteiger partial charge in [-0.2, -0.15) is 0 Å². The molecule has 0 aliphatic carbocycles. The molecule has 10 nitrogen and oxygen atoms in total. The quantitative estimate of drug-likeness (QED) is 0.385. The summed E-state index contributed by atoms with van der Waals surface area (Å²) in [4.78, 5) is 48.3. The van der Waals surface area contributed by atoms with Crippen molar-refractivity contribution in [1.29, 1.82) is 0 Å². The Morgan fingerprint density at radius 2 is 1.87 bits per heavy atom. The van der Waals surface area contributed by atoms with E-state index in [2.05, 4.69) is 15.1 Å². The van der Waals surface area contributed by atoms with Crippen LogP contribution in [0.15, 0.2) is 54.6 Å². The Morgan fingerprint density at radius 3 is 2.61 bits per heavy atom. The first kappa shape index (κ1) is 27.0. The van der Waals surface area contributed by atoms with Crippen LogP contribution in [0.3, 0.4) is 0 Å². The molecule has 3 aromatic rings. The second kappa shape index (κ2) is 12.0. The number of nitrogens with one attached hydrogen (secondary N) is 2.